The van der Waals surface area contributed by atoms with Gasteiger partial charge in [0.2, 0.25) is 0 Å². The second-order valence-corrected chi connectivity index (χ2v) is 6.87. The lowest BCUT2D eigenvalue weighted by atomic mass is 10.0. The van der Waals surface area contributed by atoms with Crippen LogP contribution in [0.5, 0.6) is 11.5 Å². The molecule has 1 aromatic heterocycles. The van der Waals surface area contributed by atoms with Crippen LogP contribution in [0.15, 0.2) is 42.5 Å². The molecule has 2 heterocycles. The highest BCUT2D eigenvalue weighted by molar-refractivity contribution is 6.32. The van der Waals surface area contributed by atoms with Crippen molar-refractivity contribution in [3.8, 4) is 28.4 Å². The minimum Gasteiger partial charge on any atom is -0.493 e. The van der Waals surface area contributed by atoms with Crippen LogP contribution in [0.3, 0.4) is 0 Å². The molecule has 0 saturated heterocycles. The number of anilines is 1. The maximum absolute atomic E-state index is 6.47. The van der Waals surface area contributed by atoms with Crippen LogP contribution in [0.4, 0.5) is 5.82 Å². The standard InChI is InChI=1S/C21H22ClN3O2/c1-26-18-12-7-9-14(20(18)27-2)19-15-8-5-6-13-23-21(15)25(24-19)17-11-4-3-10-16(17)22/h3-4,7,9-12,23H,5-6,8,13H2,1-2H3. The van der Waals surface area contributed by atoms with Gasteiger partial charge in [-0.15, -0.1) is 0 Å². The molecular weight excluding hydrogens is 362 g/mol. The van der Waals surface area contributed by atoms with Crippen LogP contribution in [-0.2, 0) is 6.42 Å². The number of methoxy groups -OCH3 is 2. The monoisotopic (exact) mass is 383 g/mol. The van der Waals surface area contributed by atoms with Crippen LogP contribution in [0.25, 0.3) is 16.9 Å². The summed E-state index contributed by atoms with van der Waals surface area (Å²) in [6.07, 6.45) is 3.17. The van der Waals surface area contributed by atoms with Crippen molar-refractivity contribution in [2.45, 2.75) is 19.3 Å². The predicted octanol–water partition coefficient (Wildman–Crippen LogP) is 4.96. The normalized spacial score (nSPS) is 13.4. The molecule has 5 nitrogen and oxygen atoms in total. The summed E-state index contributed by atoms with van der Waals surface area (Å²) in [6, 6.07) is 13.6. The second-order valence-electron chi connectivity index (χ2n) is 6.46. The van der Waals surface area contributed by atoms with E-state index in [1.807, 2.05) is 47.1 Å². The van der Waals surface area contributed by atoms with Gasteiger partial charge in [-0.05, 0) is 43.5 Å². The zero-order chi connectivity index (χ0) is 18.8. The van der Waals surface area contributed by atoms with Gasteiger partial charge in [0.05, 0.1) is 24.9 Å². The van der Waals surface area contributed by atoms with Crippen LogP contribution in [0.1, 0.15) is 18.4 Å². The Bertz CT molecular complexity index is 968. The summed E-state index contributed by atoms with van der Waals surface area (Å²) in [7, 11) is 3.30. The molecule has 140 valence electrons. The first-order valence-corrected chi connectivity index (χ1v) is 9.44. The lowest BCUT2D eigenvalue weighted by molar-refractivity contribution is 0.356. The van der Waals surface area contributed by atoms with Crippen molar-refractivity contribution < 1.29 is 9.47 Å². The number of nitrogens with zero attached hydrogens (tertiary/aromatic N) is 2. The highest BCUT2D eigenvalue weighted by Crippen LogP contribution is 2.42. The molecule has 1 aliphatic rings. The predicted molar refractivity (Wildman–Crippen MR) is 109 cm³/mol. The Hall–Kier alpha value is -2.66. The second kappa shape index (κ2) is 7.53. The molecule has 0 spiro atoms. The van der Waals surface area contributed by atoms with Crippen molar-refractivity contribution in [3.63, 3.8) is 0 Å². The molecule has 0 saturated carbocycles. The van der Waals surface area contributed by atoms with E-state index in [1.165, 1.54) is 5.56 Å². The van der Waals surface area contributed by atoms with Crippen molar-refractivity contribution in [1.29, 1.82) is 0 Å². The van der Waals surface area contributed by atoms with E-state index in [0.717, 1.165) is 48.6 Å². The molecule has 0 fully saturated rings. The first-order chi connectivity index (χ1) is 13.2. The Morgan fingerprint density at radius 2 is 1.89 bits per heavy atom. The number of para-hydroxylation sites is 2. The smallest absolute Gasteiger partial charge is 0.170 e. The molecule has 0 aliphatic carbocycles. The van der Waals surface area contributed by atoms with Gasteiger partial charge in [0.15, 0.2) is 11.5 Å². The van der Waals surface area contributed by atoms with Gasteiger partial charge >= 0.3 is 0 Å². The minimum atomic E-state index is 0.665. The third-order valence-electron chi connectivity index (χ3n) is 4.87. The van der Waals surface area contributed by atoms with Crippen LogP contribution < -0.4 is 14.8 Å². The van der Waals surface area contributed by atoms with Gasteiger partial charge in [0, 0.05) is 17.7 Å². The number of benzene rings is 2. The molecule has 27 heavy (non-hydrogen) atoms. The molecule has 4 rings (SSSR count). The number of hydrogen-bond acceptors (Lipinski definition) is 4. The van der Waals surface area contributed by atoms with Crippen molar-refractivity contribution in [3.05, 3.63) is 53.1 Å². The summed E-state index contributed by atoms with van der Waals surface area (Å²) in [5.41, 5.74) is 3.86. The zero-order valence-corrected chi connectivity index (χ0v) is 16.2. The molecular formula is C21H22ClN3O2. The molecule has 2 aromatic carbocycles. The van der Waals surface area contributed by atoms with Gasteiger partial charge in [-0.1, -0.05) is 29.8 Å². The van der Waals surface area contributed by atoms with Gasteiger partial charge in [-0.3, -0.25) is 0 Å². The van der Waals surface area contributed by atoms with Crippen LogP contribution >= 0.6 is 11.6 Å². The SMILES string of the molecule is COc1cccc(-c2nn(-c3ccccc3Cl)c3c2CCCCN3)c1OC. The van der Waals surface area contributed by atoms with E-state index in [0.29, 0.717) is 16.5 Å². The third-order valence-corrected chi connectivity index (χ3v) is 5.19. The fourth-order valence-corrected chi connectivity index (χ4v) is 3.81. The highest BCUT2D eigenvalue weighted by atomic mass is 35.5. The van der Waals surface area contributed by atoms with Gasteiger partial charge in [-0.2, -0.15) is 5.10 Å². The van der Waals surface area contributed by atoms with E-state index in [2.05, 4.69) is 5.32 Å². The molecule has 0 unspecified atom stereocenters. The summed E-state index contributed by atoms with van der Waals surface area (Å²) in [4.78, 5) is 0. The van der Waals surface area contributed by atoms with Gasteiger partial charge < -0.3 is 14.8 Å². The first kappa shape index (κ1) is 17.7. The number of ether oxygens (including phenoxy) is 2. The summed E-state index contributed by atoms with van der Waals surface area (Å²) in [5.74, 6) is 2.38. The average Bonchev–Trinajstić information content (AvgIpc) is 2.88. The van der Waals surface area contributed by atoms with E-state index >= 15 is 0 Å². The first-order valence-electron chi connectivity index (χ1n) is 9.06. The highest BCUT2D eigenvalue weighted by Gasteiger charge is 2.25. The Labute approximate surface area is 163 Å². The molecule has 6 heteroatoms. The number of rotatable bonds is 4. The Balaban J connectivity index is 1.97. The Morgan fingerprint density at radius 3 is 2.67 bits per heavy atom. The largest absolute Gasteiger partial charge is 0.493 e. The van der Waals surface area contributed by atoms with Crippen molar-refractivity contribution in [2.75, 3.05) is 26.1 Å². The van der Waals surface area contributed by atoms with Crippen molar-refractivity contribution >= 4 is 17.4 Å². The van der Waals surface area contributed by atoms with Crippen molar-refractivity contribution in [2.24, 2.45) is 0 Å². The van der Waals surface area contributed by atoms with Crippen LogP contribution in [0, 0.1) is 0 Å². The van der Waals surface area contributed by atoms with Crippen molar-refractivity contribution in [1.82, 2.24) is 9.78 Å². The maximum atomic E-state index is 6.47. The van der Waals surface area contributed by atoms with Crippen LogP contribution in [-0.4, -0.2) is 30.5 Å². The average molecular weight is 384 g/mol. The summed E-state index contributed by atoms with van der Waals surface area (Å²) < 4.78 is 13.1. The fraction of sp³-hybridized carbons (Fsp3) is 0.286. The van der Waals surface area contributed by atoms with Crippen LogP contribution in [0.2, 0.25) is 5.02 Å². The number of nitrogens with one attached hydrogen (secondary N) is 1. The van der Waals surface area contributed by atoms with E-state index in [1.54, 1.807) is 14.2 Å². The fourth-order valence-electron chi connectivity index (χ4n) is 3.59. The van der Waals surface area contributed by atoms with Gasteiger partial charge in [-0.25, -0.2) is 4.68 Å². The van der Waals surface area contributed by atoms with E-state index in [-0.39, 0.29) is 0 Å². The molecule has 0 radical (unpaired) electrons. The summed E-state index contributed by atoms with van der Waals surface area (Å²) in [6.45, 7) is 0.915. The minimum absolute atomic E-state index is 0.665. The number of hydrogen-bond donors (Lipinski definition) is 1. The summed E-state index contributed by atoms with van der Waals surface area (Å²) in [5, 5.41) is 9.16. The topological polar surface area (TPSA) is 48.3 Å². The van der Waals surface area contributed by atoms with Gasteiger partial charge in [0.25, 0.3) is 0 Å². The lowest BCUT2D eigenvalue weighted by Crippen LogP contribution is -2.07. The van der Waals surface area contributed by atoms with E-state index in [4.69, 9.17) is 26.2 Å². The van der Waals surface area contributed by atoms with Gasteiger partial charge in [0.1, 0.15) is 11.5 Å². The molecule has 1 aliphatic heterocycles. The third kappa shape index (κ3) is 3.12. The number of aromatic nitrogens is 2. The molecule has 0 atom stereocenters. The quantitative estimate of drug-likeness (QED) is 0.691. The Morgan fingerprint density at radius 1 is 1.04 bits per heavy atom. The number of halogens is 1. The zero-order valence-electron chi connectivity index (χ0n) is 15.5. The molecule has 0 amide bonds. The molecule has 3 aromatic rings. The maximum Gasteiger partial charge on any atom is 0.170 e. The molecule has 1 N–H and O–H groups in total. The lowest BCUT2D eigenvalue weighted by Gasteiger charge is -2.12. The van der Waals surface area contributed by atoms with E-state index in [9.17, 15) is 0 Å². The number of fused-ring (bicyclic) bond motifs is 1. The Kier molecular flexibility index (Phi) is 4.94. The summed E-state index contributed by atoms with van der Waals surface area (Å²) >= 11 is 6.47. The van der Waals surface area contributed by atoms with E-state index < -0.39 is 0 Å². The molecule has 0 bridgehead atoms.